The second-order valence-corrected chi connectivity index (χ2v) is 6.37. The Labute approximate surface area is 133 Å². The number of oxazole rings is 1. The van der Waals surface area contributed by atoms with Gasteiger partial charge in [-0.2, -0.15) is 0 Å². The van der Waals surface area contributed by atoms with Crippen molar-refractivity contribution in [3.63, 3.8) is 0 Å². The molecule has 0 radical (unpaired) electrons. The summed E-state index contributed by atoms with van der Waals surface area (Å²) in [4.78, 5) is 8.77. The molecule has 2 heterocycles. The highest BCUT2D eigenvalue weighted by Crippen LogP contribution is 2.24. The van der Waals surface area contributed by atoms with Crippen molar-refractivity contribution in [3.05, 3.63) is 47.7 Å². The maximum Gasteiger partial charge on any atom is 0.209 e. The molecule has 2 aromatic heterocycles. The molecular weight excluding hydrogens is 296 g/mol. The van der Waals surface area contributed by atoms with E-state index in [0.717, 1.165) is 17.1 Å². The SMILES string of the molecule is Cc1ccc(-c2nc(SCc3ncc(C(C)C)o3)n[nH]2)cc1. The summed E-state index contributed by atoms with van der Waals surface area (Å²) in [5.74, 6) is 3.36. The molecule has 5 nitrogen and oxygen atoms in total. The van der Waals surface area contributed by atoms with Crippen LogP contribution in [-0.4, -0.2) is 20.2 Å². The minimum absolute atomic E-state index is 0.350. The fourth-order valence-corrected chi connectivity index (χ4v) is 2.59. The van der Waals surface area contributed by atoms with Crippen LogP contribution in [0.3, 0.4) is 0 Å². The molecule has 1 aromatic carbocycles. The molecule has 3 rings (SSSR count). The zero-order valence-corrected chi connectivity index (χ0v) is 13.6. The fourth-order valence-electron chi connectivity index (χ4n) is 1.94. The highest BCUT2D eigenvalue weighted by atomic mass is 32.2. The van der Waals surface area contributed by atoms with Crippen LogP contribution in [0.15, 0.2) is 40.0 Å². The van der Waals surface area contributed by atoms with Crippen LogP contribution in [0, 0.1) is 6.92 Å². The van der Waals surface area contributed by atoms with Crippen LogP contribution < -0.4 is 0 Å². The molecule has 0 aliphatic carbocycles. The minimum atomic E-state index is 0.350. The standard InChI is InChI=1S/C16H18N4OS/c1-10(2)13-8-17-14(21-13)9-22-16-18-15(19-20-16)12-6-4-11(3)5-7-12/h4-8,10H,9H2,1-3H3,(H,18,19,20). The number of aromatic nitrogens is 4. The number of rotatable bonds is 5. The van der Waals surface area contributed by atoms with Crippen LogP contribution >= 0.6 is 11.8 Å². The van der Waals surface area contributed by atoms with Gasteiger partial charge < -0.3 is 4.42 Å². The summed E-state index contributed by atoms with van der Waals surface area (Å²) in [5, 5.41) is 7.89. The molecule has 1 N–H and O–H groups in total. The van der Waals surface area contributed by atoms with Crippen LogP contribution in [0.1, 0.15) is 37.0 Å². The van der Waals surface area contributed by atoms with E-state index >= 15 is 0 Å². The van der Waals surface area contributed by atoms with Crippen molar-refractivity contribution in [2.24, 2.45) is 0 Å². The lowest BCUT2D eigenvalue weighted by atomic mass is 10.1. The Morgan fingerprint density at radius 3 is 2.68 bits per heavy atom. The van der Waals surface area contributed by atoms with Crippen LogP contribution in [-0.2, 0) is 5.75 Å². The third kappa shape index (κ3) is 3.39. The van der Waals surface area contributed by atoms with Gasteiger partial charge >= 0.3 is 0 Å². The van der Waals surface area contributed by atoms with E-state index in [1.54, 1.807) is 6.20 Å². The molecule has 6 heteroatoms. The fraction of sp³-hybridized carbons (Fsp3) is 0.312. The number of hydrogen-bond acceptors (Lipinski definition) is 5. The smallest absolute Gasteiger partial charge is 0.209 e. The average Bonchev–Trinajstić information content (AvgIpc) is 3.15. The minimum Gasteiger partial charge on any atom is -0.445 e. The van der Waals surface area contributed by atoms with Gasteiger partial charge in [-0.3, -0.25) is 5.10 Å². The molecule has 0 amide bonds. The maximum absolute atomic E-state index is 5.67. The van der Waals surface area contributed by atoms with Gasteiger partial charge in [0, 0.05) is 11.5 Å². The molecule has 0 spiro atoms. The first-order valence-corrected chi connectivity index (χ1v) is 8.17. The van der Waals surface area contributed by atoms with Crippen molar-refractivity contribution in [3.8, 4) is 11.4 Å². The first kappa shape index (κ1) is 14.8. The summed E-state index contributed by atoms with van der Waals surface area (Å²) in [5.41, 5.74) is 2.26. The predicted molar refractivity (Wildman–Crippen MR) is 86.7 cm³/mol. The van der Waals surface area contributed by atoms with Gasteiger partial charge in [0.2, 0.25) is 11.0 Å². The summed E-state index contributed by atoms with van der Waals surface area (Å²) in [7, 11) is 0. The Kier molecular flexibility index (Phi) is 4.29. The van der Waals surface area contributed by atoms with Crippen molar-refractivity contribution >= 4 is 11.8 Å². The van der Waals surface area contributed by atoms with Crippen LogP contribution in [0.5, 0.6) is 0 Å². The largest absolute Gasteiger partial charge is 0.445 e. The van der Waals surface area contributed by atoms with Crippen molar-refractivity contribution in [1.82, 2.24) is 20.2 Å². The summed E-state index contributed by atoms with van der Waals surface area (Å²) in [6.45, 7) is 6.23. The first-order chi connectivity index (χ1) is 10.6. The number of benzene rings is 1. The lowest BCUT2D eigenvalue weighted by molar-refractivity contribution is 0.453. The third-order valence-electron chi connectivity index (χ3n) is 3.26. The Hall–Kier alpha value is -2.08. The zero-order chi connectivity index (χ0) is 15.5. The lowest BCUT2D eigenvalue weighted by Gasteiger charge is -1.97. The van der Waals surface area contributed by atoms with Crippen LogP contribution in [0.25, 0.3) is 11.4 Å². The molecule has 114 valence electrons. The molecule has 0 unspecified atom stereocenters. The van der Waals surface area contributed by atoms with Gasteiger partial charge in [-0.1, -0.05) is 55.4 Å². The van der Waals surface area contributed by atoms with E-state index in [-0.39, 0.29) is 0 Å². The molecule has 22 heavy (non-hydrogen) atoms. The molecule has 0 atom stereocenters. The van der Waals surface area contributed by atoms with Gasteiger partial charge in [-0.05, 0) is 6.92 Å². The van der Waals surface area contributed by atoms with Crippen molar-refractivity contribution in [1.29, 1.82) is 0 Å². The van der Waals surface area contributed by atoms with Gasteiger partial charge in [0.15, 0.2) is 5.82 Å². The molecule has 0 aliphatic heterocycles. The van der Waals surface area contributed by atoms with Crippen molar-refractivity contribution in [2.45, 2.75) is 37.6 Å². The summed E-state index contributed by atoms with van der Waals surface area (Å²) >= 11 is 1.51. The number of nitrogens with one attached hydrogen (secondary N) is 1. The van der Waals surface area contributed by atoms with E-state index in [0.29, 0.717) is 22.7 Å². The Balaban J connectivity index is 1.65. The van der Waals surface area contributed by atoms with Crippen LogP contribution in [0.4, 0.5) is 0 Å². The summed E-state index contributed by atoms with van der Waals surface area (Å²) < 4.78 is 5.67. The van der Waals surface area contributed by atoms with Gasteiger partial charge in [0.05, 0.1) is 11.9 Å². The molecule has 0 saturated heterocycles. The molecule has 0 saturated carbocycles. The first-order valence-electron chi connectivity index (χ1n) is 7.18. The molecule has 0 bridgehead atoms. The van der Waals surface area contributed by atoms with E-state index in [2.05, 4.69) is 53.1 Å². The Morgan fingerprint density at radius 2 is 2.00 bits per heavy atom. The van der Waals surface area contributed by atoms with Crippen molar-refractivity contribution < 1.29 is 4.42 Å². The van der Waals surface area contributed by atoms with Gasteiger partial charge in [0.25, 0.3) is 0 Å². The Bertz CT molecular complexity index is 746. The maximum atomic E-state index is 5.67. The summed E-state index contributed by atoms with van der Waals surface area (Å²) in [6.07, 6.45) is 1.79. The number of hydrogen-bond donors (Lipinski definition) is 1. The molecule has 3 aromatic rings. The van der Waals surface area contributed by atoms with Crippen molar-refractivity contribution in [2.75, 3.05) is 0 Å². The van der Waals surface area contributed by atoms with E-state index < -0.39 is 0 Å². The third-order valence-corrected chi connectivity index (χ3v) is 4.09. The van der Waals surface area contributed by atoms with Crippen LogP contribution in [0.2, 0.25) is 0 Å². The molecule has 0 aliphatic rings. The second kappa shape index (κ2) is 6.36. The van der Waals surface area contributed by atoms with Gasteiger partial charge in [-0.25, -0.2) is 9.97 Å². The molecule has 0 fully saturated rings. The molecular formula is C16H18N4OS. The lowest BCUT2D eigenvalue weighted by Crippen LogP contribution is -1.83. The number of thioether (sulfide) groups is 1. The van der Waals surface area contributed by atoms with Gasteiger partial charge in [0.1, 0.15) is 5.76 Å². The Morgan fingerprint density at radius 1 is 1.23 bits per heavy atom. The highest BCUT2D eigenvalue weighted by molar-refractivity contribution is 7.98. The number of nitrogens with zero attached hydrogens (tertiary/aromatic N) is 3. The zero-order valence-electron chi connectivity index (χ0n) is 12.8. The normalized spacial score (nSPS) is 11.3. The van der Waals surface area contributed by atoms with Gasteiger partial charge in [-0.15, -0.1) is 5.10 Å². The predicted octanol–water partition coefficient (Wildman–Crippen LogP) is 4.18. The summed E-state index contributed by atoms with van der Waals surface area (Å²) in [6, 6.07) is 8.19. The number of aryl methyl sites for hydroxylation is 1. The van der Waals surface area contributed by atoms with E-state index in [4.69, 9.17) is 4.42 Å². The average molecular weight is 314 g/mol. The second-order valence-electron chi connectivity index (χ2n) is 5.43. The topological polar surface area (TPSA) is 67.6 Å². The highest BCUT2D eigenvalue weighted by Gasteiger charge is 2.10. The number of H-pyrrole nitrogens is 1. The van der Waals surface area contributed by atoms with E-state index in [9.17, 15) is 0 Å². The quantitative estimate of drug-likeness (QED) is 0.715. The monoisotopic (exact) mass is 314 g/mol. The van der Waals surface area contributed by atoms with E-state index in [1.807, 2.05) is 12.1 Å². The number of aromatic amines is 1. The van der Waals surface area contributed by atoms with E-state index in [1.165, 1.54) is 17.3 Å².